The van der Waals surface area contributed by atoms with E-state index in [1.165, 1.54) is 0 Å². The summed E-state index contributed by atoms with van der Waals surface area (Å²) < 4.78 is 1.70. The zero-order chi connectivity index (χ0) is 14.1. The van der Waals surface area contributed by atoms with Gasteiger partial charge < -0.3 is 16.8 Å². The topological polar surface area (TPSA) is 99.0 Å². The molecule has 0 atom stereocenters. The van der Waals surface area contributed by atoms with Crippen molar-refractivity contribution in [2.45, 2.75) is 45.6 Å². The van der Waals surface area contributed by atoms with Gasteiger partial charge in [0.05, 0.1) is 11.4 Å². The lowest BCUT2D eigenvalue weighted by Crippen LogP contribution is -2.36. The molecular formula is C12H23N5O. The number of amides is 1. The van der Waals surface area contributed by atoms with Gasteiger partial charge in [0, 0.05) is 19.0 Å². The fourth-order valence-corrected chi connectivity index (χ4v) is 1.94. The average molecular weight is 253 g/mol. The quantitative estimate of drug-likeness (QED) is 0.734. The van der Waals surface area contributed by atoms with Gasteiger partial charge in [0.25, 0.3) is 0 Å². The van der Waals surface area contributed by atoms with Gasteiger partial charge >= 0.3 is 0 Å². The van der Waals surface area contributed by atoms with E-state index in [1.807, 2.05) is 34.7 Å². The Morgan fingerprint density at radius 2 is 2.06 bits per heavy atom. The van der Waals surface area contributed by atoms with Crippen LogP contribution in [0.3, 0.4) is 0 Å². The molecule has 6 nitrogen and oxygen atoms in total. The molecule has 0 aliphatic rings. The zero-order valence-electron chi connectivity index (χ0n) is 11.7. The van der Waals surface area contributed by atoms with Crippen LogP contribution in [0.1, 0.15) is 45.7 Å². The third kappa shape index (κ3) is 3.15. The summed E-state index contributed by atoms with van der Waals surface area (Å²) in [6.45, 7) is 7.88. The fraction of sp³-hybridized carbons (Fsp3) is 0.667. The van der Waals surface area contributed by atoms with E-state index in [4.69, 9.17) is 11.5 Å². The number of anilines is 2. The predicted molar refractivity (Wildman–Crippen MR) is 73.2 cm³/mol. The molecule has 0 aromatic carbocycles. The minimum absolute atomic E-state index is 0.231. The first-order valence-corrected chi connectivity index (χ1v) is 6.03. The Balaban J connectivity index is 3.01. The normalized spacial score (nSPS) is 11.9. The molecule has 102 valence electrons. The van der Waals surface area contributed by atoms with E-state index in [0.29, 0.717) is 5.69 Å². The molecule has 0 aliphatic carbocycles. The minimum Gasteiger partial charge on any atom is -0.394 e. The number of nitrogens with zero attached hydrogens (tertiary/aromatic N) is 2. The van der Waals surface area contributed by atoms with Gasteiger partial charge in [0.2, 0.25) is 5.91 Å². The molecule has 0 radical (unpaired) electrons. The average Bonchev–Trinajstić information content (AvgIpc) is 2.43. The number of rotatable bonds is 5. The molecular weight excluding hydrogens is 230 g/mol. The van der Waals surface area contributed by atoms with Crippen molar-refractivity contribution >= 4 is 17.4 Å². The molecule has 0 fully saturated rings. The molecule has 0 unspecified atom stereocenters. The maximum Gasteiger partial charge on any atom is 0.219 e. The molecule has 18 heavy (non-hydrogen) atoms. The number of aromatic nitrogens is 2. The summed E-state index contributed by atoms with van der Waals surface area (Å²) in [6.07, 6.45) is 0.231. The van der Waals surface area contributed by atoms with E-state index < -0.39 is 5.54 Å². The van der Waals surface area contributed by atoms with Crippen molar-refractivity contribution in [3.05, 3.63) is 5.69 Å². The maximum absolute atomic E-state index is 11.0. The first-order chi connectivity index (χ1) is 8.14. The first kappa shape index (κ1) is 14.3. The van der Waals surface area contributed by atoms with Gasteiger partial charge in [0.15, 0.2) is 0 Å². The molecule has 1 aromatic rings. The van der Waals surface area contributed by atoms with E-state index in [2.05, 4.69) is 10.4 Å². The Kier molecular flexibility index (Phi) is 3.88. The molecule has 0 bridgehead atoms. The van der Waals surface area contributed by atoms with E-state index in [1.54, 1.807) is 4.68 Å². The fourth-order valence-electron chi connectivity index (χ4n) is 1.94. The number of nitrogen functional groups attached to an aromatic ring is 1. The monoisotopic (exact) mass is 253 g/mol. The summed E-state index contributed by atoms with van der Waals surface area (Å²) in [7, 11) is 1.82. The van der Waals surface area contributed by atoms with E-state index in [9.17, 15) is 4.79 Å². The van der Waals surface area contributed by atoms with Crippen LogP contribution in [0, 0.1) is 0 Å². The largest absolute Gasteiger partial charge is 0.394 e. The Morgan fingerprint density at radius 1 is 1.50 bits per heavy atom. The van der Waals surface area contributed by atoms with Gasteiger partial charge in [-0.05, 0) is 19.8 Å². The summed E-state index contributed by atoms with van der Waals surface area (Å²) in [4.78, 5) is 11.0. The highest BCUT2D eigenvalue weighted by Gasteiger charge is 2.24. The summed E-state index contributed by atoms with van der Waals surface area (Å²) in [5, 5.41) is 7.62. The van der Waals surface area contributed by atoms with E-state index in [-0.39, 0.29) is 18.2 Å². The van der Waals surface area contributed by atoms with Crippen LogP contribution in [0.25, 0.3) is 0 Å². The van der Waals surface area contributed by atoms with Gasteiger partial charge in [-0.3, -0.25) is 9.48 Å². The van der Waals surface area contributed by atoms with Crippen LogP contribution >= 0.6 is 0 Å². The Hall–Kier alpha value is -1.72. The molecule has 0 aliphatic heterocycles. The summed E-state index contributed by atoms with van der Waals surface area (Å²) >= 11 is 0. The van der Waals surface area contributed by atoms with E-state index >= 15 is 0 Å². The van der Waals surface area contributed by atoms with Crippen molar-refractivity contribution in [3.8, 4) is 0 Å². The summed E-state index contributed by atoms with van der Waals surface area (Å²) in [5.41, 5.74) is 12.3. The minimum atomic E-state index is -0.456. The smallest absolute Gasteiger partial charge is 0.219 e. The number of carbonyl (C=O) groups is 1. The van der Waals surface area contributed by atoms with Crippen LogP contribution < -0.4 is 16.8 Å². The molecule has 0 saturated carbocycles. The lowest BCUT2D eigenvalue weighted by Gasteiger charge is -2.26. The number of primary amides is 1. The molecule has 1 heterocycles. The third-order valence-electron chi connectivity index (χ3n) is 2.73. The highest BCUT2D eigenvalue weighted by Crippen LogP contribution is 2.30. The number of nitrogens with two attached hydrogens (primary N) is 2. The van der Waals surface area contributed by atoms with Crippen LogP contribution in [0.2, 0.25) is 0 Å². The van der Waals surface area contributed by atoms with Crippen LogP contribution in [0.15, 0.2) is 0 Å². The number of nitrogens with one attached hydrogen (secondary N) is 1. The van der Waals surface area contributed by atoms with Crippen LogP contribution in [-0.2, 0) is 11.8 Å². The van der Waals surface area contributed by atoms with Crippen molar-refractivity contribution in [2.75, 3.05) is 11.1 Å². The number of aryl methyl sites for hydroxylation is 1. The number of carbonyl (C=O) groups excluding carboxylic acids is 1. The maximum atomic E-state index is 11.0. The van der Waals surface area contributed by atoms with Crippen molar-refractivity contribution in [3.63, 3.8) is 0 Å². The third-order valence-corrected chi connectivity index (χ3v) is 2.73. The van der Waals surface area contributed by atoms with Gasteiger partial charge in [-0.25, -0.2) is 0 Å². The predicted octanol–water partition coefficient (Wildman–Crippen LogP) is 1.19. The van der Waals surface area contributed by atoms with Gasteiger partial charge in [-0.15, -0.1) is 0 Å². The highest BCUT2D eigenvalue weighted by molar-refractivity contribution is 5.76. The van der Waals surface area contributed by atoms with Crippen molar-refractivity contribution in [1.29, 1.82) is 0 Å². The van der Waals surface area contributed by atoms with Crippen molar-refractivity contribution in [2.24, 2.45) is 12.8 Å². The summed E-state index contributed by atoms with van der Waals surface area (Å²) in [5.74, 6) is 0.633. The van der Waals surface area contributed by atoms with Gasteiger partial charge in [-0.2, -0.15) is 5.10 Å². The lowest BCUT2D eigenvalue weighted by atomic mass is 10.00. The SMILES string of the molecule is CC(C)c1nn(C)c(NC(C)(C)CC(N)=O)c1N. The standard InChI is InChI=1S/C12H23N5O/c1-7(2)10-9(14)11(17(5)16-10)15-12(3,4)6-8(13)18/h7,15H,6,14H2,1-5H3,(H2,13,18). The van der Waals surface area contributed by atoms with Crippen LogP contribution in [0.4, 0.5) is 11.5 Å². The lowest BCUT2D eigenvalue weighted by molar-refractivity contribution is -0.118. The molecule has 1 amide bonds. The summed E-state index contributed by atoms with van der Waals surface area (Å²) in [6, 6.07) is 0. The van der Waals surface area contributed by atoms with Crippen molar-refractivity contribution in [1.82, 2.24) is 9.78 Å². The number of hydrogen-bond acceptors (Lipinski definition) is 4. The molecule has 1 rings (SSSR count). The second kappa shape index (κ2) is 4.88. The first-order valence-electron chi connectivity index (χ1n) is 6.03. The van der Waals surface area contributed by atoms with Gasteiger partial charge in [0.1, 0.15) is 5.82 Å². The zero-order valence-corrected chi connectivity index (χ0v) is 11.7. The highest BCUT2D eigenvalue weighted by atomic mass is 16.1. The van der Waals surface area contributed by atoms with Crippen LogP contribution in [-0.4, -0.2) is 21.2 Å². The molecule has 1 aromatic heterocycles. The Morgan fingerprint density at radius 3 is 2.44 bits per heavy atom. The van der Waals surface area contributed by atoms with Crippen LogP contribution in [0.5, 0.6) is 0 Å². The second-order valence-electron chi connectivity index (χ2n) is 5.58. The Bertz CT molecular complexity index is 448. The van der Waals surface area contributed by atoms with E-state index in [0.717, 1.165) is 11.5 Å². The second-order valence-corrected chi connectivity index (χ2v) is 5.58. The molecule has 0 spiro atoms. The Labute approximate surface area is 108 Å². The molecule has 6 heteroatoms. The number of hydrogen-bond donors (Lipinski definition) is 3. The van der Waals surface area contributed by atoms with Gasteiger partial charge in [-0.1, -0.05) is 13.8 Å². The van der Waals surface area contributed by atoms with Crippen molar-refractivity contribution < 1.29 is 4.79 Å². The molecule has 0 saturated heterocycles. The molecule has 5 N–H and O–H groups in total.